The number of piperidine rings is 1. The minimum atomic E-state index is -1.73. The number of phenols is 2. The molecule has 15 nitrogen and oxygen atoms in total. The molecule has 1 saturated heterocycles. The van der Waals surface area contributed by atoms with E-state index in [-0.39, 0.29) is 55.7 Å². The molecule has 314 valence electrons. The fourth-order valence-electron chi connectivity index (χ4n) is 8.60. The Bertz CT molecular complexity index is 2230. The van der Waals surface area contributed by atoms with E-state index < -0.39 is 77.2 Å². The van der Waals surface area contributed by atoms with Crippen LogP contribution < -0.4 is 20.8 Å². The number of allylic oxidation sites excluding steroid dienone is 2. The largest absolute Gasteiger partial charge is 0.507 e. The second kappa shape index (κ2) is 16.1. The highest BCUT2D eigenvalue weighted by Gasteiger charge is 2.48. The molecule has 0 saturated carbocycles. The Balaban J connectivity index is 1.55. The standard InChI is InChI=1S/C43H57N5O10/c1-20-12-11-13-21(2)41(54)45-33-32-31(46-43(47-32)15-17-48(9)18-16-43)28-29(37(33)53)36(52)25(6)39-30(28)40(44)42(8,58-39)56-19-14-27(55-10)22(3)38(57-26(7)49)24(5)35(51)23(4)34(20)50/h11-14,19-20,22-24,27,34-35,38,44,50-53H,15-18H2,1-10H3,(H,45,54)/b12-11+,19-14+,21-13-,44-40?. The van der Waals surface area contributed by atoms with Gasteiger partial charge in [0.25, 0.3) is 11.7 Å². The Morgan fingerprint density at radius 2 is 1.64 bits per heavy atom. The molecule has 15 heteroatoms. The van der Waals surface area contributed by atoms with E-state index in [4.69, 9.17) is 28.9 Å². The number of hydrogen-bond donors (Lipinski definition) is 6. The lowest BCUT2D eigenvalue weighted by Gasteiger charge is -2.38. The number of nitrogens with zero attached hydrogens (tertiary/aromatic N) is 3. The third-order valence-corrected chi connectivity index (χ3v) is 12.5. The number of nitrogens with one attached hydrogen (secondary N) is 2. The molecule has 9 atom stereocenters. The predicted octanol–water partition coefficient (Wildman–Crippen LogP) is 3.91. The van der Waals surface area contributed by atoms with Crippen LogP contribution in [0.3, 0.4) is 0 Å². The number of fused-ring (bicyclic) bond motifs is 1. The van der Waals surface area contributed by atoms with Crippen molar-refractivity contribution in [3.8, 4) is 17.2 Å². The van der Waals surface area contributed by atoms with Crippen molar-refractivity contribution in [3.05, 3.63) is 58.0 Å². The fraction of sp³-hybridized carbons (Fsp3) is 0.558. The fourth-order valence-corrected chi connectivity index (χ4v) is 8.60. The van der Waals surface area contributed by atoms with Gasteiger partial charge in [0.2, 0.25) is 0 Å². The van der Waals surface area contributed by atoms with Crippen molar-refractivity contribution in [1.29, 1.82) is 5.41 Å². The molecule has 1 fully saturated rings. The van der Waals surface area contributed by atoms with Crippen molar-refractivity contribution >= 4 is 34.0 Å². The average molecular weight is 804 g/mol. The molecule has 4 bridgehead atoms. The molecule has 1 spiro atoms. The lowest BCUT2D eigenvalue weighted by atomic mass is 9.78. The Morgan fingerprint density at radius 3 is 2.28 bits per heavy atom. The van der Waals surface area contributed by atoms with Gasteiger partial charge in [-0.15, -0.1) is 0 Å². The normalized spacial score (nSPS) is 33.6. The zero-order chi connectivity index (χ0) is 42.6. The average Bonchev–Trinajstić information content (AvgIpc) is 3.69. The first kappa shape index (κ1) is 42.8. The van der Waals surface area contributed by atoms with E-state index >= 15 is 0 Å². The number of aliphatic hydroxyl groups is 2. The van der Waals surface area contributed by atoms with Crippen LogP contribution in [0, 0.1) is 36.0 Å². The number of hydrogen-bond acceptors (Lipinski definition) is 14. The number of aliphatic hydroxyl groups excluding tert-OH is 2. The number of methoxy groups -OCH3 is 1. The number of ether oxygens (including phenoxy) is 4. The van der Waals surface area contributed by atoms with E-state index in [9.17, 15) is 35.4 Å². The summed E-state index contributed by atoms with van der Waals surface area (Å²) < 4.78 is 24.2. The maximum absolute atomic E-state index is 13.8. The van der Waals surface area contributed by atoms with Crippen LogP contribution in [0.1, 0.15) is 72.4 Å². The summed E-state index contributed by atoms with van der Waals surface area (Å²) in [5, 5.41) is 59.9. The highest BCUT2D eigenvalue weighted by atomic mass is 16.7. The second-order valence-electron chi connectivity index (χ2n) is 16.6. The predicted molar refractivity (Wildman–Crippen MR) is 216 cm³/mol. The molecule has 0 aromatic heterocycles. The number of rotatable bonds is 2. The summed E-state index contributed by atoms with van der Waals surface area (Å²) >= 11 is 0. The topological polar surface area (TPSA) is 216 Å². The van der Waals surface area contributed by atoms with Crippen molar-refractivity contribution < 1.29 is 49.0 Å². The number of amides is 1. The highest BCUT2D eigenvalue weighted by molar-refractivity contribution is 6.20. The molecule has 1 amide bonds. The summed E-state index contributed by atoms with van der Waals surface area (Å²) in [5.74, 6) is -5.72. The Hall–Kier alpha value is -4.83. The lowest BCUT2D eigenvalue weighted by Crippen LogP contribution is -2.46. The highest BCUT2D eigenvalue weighted by Crippen LogP contribution is 2.50. The van der Waals surface area contributed by atoms with E-state index in [1.54, 1.807) is 65.8 Å². The van der Waals surface area contributed by atoms with E-state index in [0.29, 0.717) is 31.3 Å². The summed E-state index contributed by atoms with van der Waals surface area (Å²) in [6.45, 7) is 14.5. The molecule has 6 rings (SSSR count). The van der Waals surface area contributed by atoms with Gasteiger partial charge in [-0.3, -0.25) is 25.0 Å². The van der Waals surface area contributed by atoms with Crippen LogP contribution in [-0.2, 0) is 23.8 Å². The molecular formula is C43H57N5O10. The van der Waals surface area contributed by atoms with Gasteiger partial charge in [0.15, 0.2) is 11.4 Å². The molecule has 9 unspecified atom stereocenters. The number of carbonyl (C=O) groups excluding carboxylic acids is 2. The number of benzene rings is 2. The van der Waals surface area contributed by atoms with Crippen LogP contribution in [0.2, 0.25) is 0 Å². The summed E-state index contributed by atoms with van der Waals surface area (Å²) in [6, 6.07) is 0. The van der Waals surface area contributed by atoms with Gasteiger partial charge in [0, 0.05) is 87.1 Å². The smallest absolute Gasteiger partial charge is 0.302 e. The maximum atomic E-state index is 13.8. The van der Waals surface area contributed by atoms with Crippen molar-refractivity contribution in [2.45, 2.75) is 104 Å². The Kier molecular flexibility index (Phi) is 11.9. The van der Waals surface area contributed by atoms with Gasteiger partial charge in [-0.05, 0) is 27.0 Å². The van der Waals surface area contributed by atoms with Crippen LogP contribution in [0.4, 0.5) is 5.69 Å². The SMILES string of the molecule is COC1/C=C/OC2(C)Oc3c(C)c(O)c4c(O)c(c5c(c4c3C2=N)=NC2(CCN(C)CC2)N=5)NC(=O)/C(C)=C\C=C\C(C)C(O)C(C)C(O)C(C)C(OC(C)=O)C1C. The maximum Gasteiger partial charge on any atom is 0.302 e. The number of carbonyl (C=O) groups is 2. The number of esters is 1. The first-order chi connectivity index (χ1) is 27.3. The van der Waals surface area contributed by atoms with E-state index in [1.807, 2.05) is 14.0 Å². The minimum Gasteiger partial charge on any atom is -0.507 e. The van der Waals surface area contributed by atoms with E-state index in [0.717, 1.165) is 0 Å². The van der Waals surface area contributed by atoms with Gasteiger partial charge in [-0.2, -0.15) is 0 Å². The quantitative estimate of drug-likeness (QED) is 0.189. The zero-order valence-corrected chi connectivity index (χ0v) is 34.9. The van der Waals surface area contributed by atoms with Crippen molar-refractivity contribution in [2.24, 2.45) is 33.7 Å². The first-order valence-electron chi connectivity index (χ1n) is 19.8. The lowest BCUT2D eigenvalue weighted by molar-refractivity contribution is -0.160. The third kappa shape index (κ3) is 7.49. The van der Waals surface area contributed by atoms with Gasteiger partial charge in [-0.1, -0.05) is 45.9 Å². The molecule has 2 aromatic rings. The summed E-state index contributed by atoms with van der Waals surface area (Å²) in [7, 11) is 3.50. The molecule has 4 aliphatic rings. The third-order valence-electron chi connectivity index (χ3n) is 12.5. The molecule has 2 aromatic carbocycles. The summed E-state index contributed by atoms with van der Waals surface area (Å²) in [4.78, 5) is 38.6. The minimum absolute atomic E-state index is 0.0172. The van der Waals surface area contributed by atoms with Gasteiger partial charge in [-0.25, -0.2) is 0 Å². The second-order valence-corrected chi connectivity index (χ2v) is 16.6. The van der Waals surface area contributed by atoms with E-state index in [1.165, 1.54) is 20.3 Å². The number of aromatic hydroxyl groups is 2. The molecule has 4 aliphatic heterocycles. The van der Waals surface area contributed by atoms with Crippen LogP contribution in [0.15, 0.2) is 46.1 Å². The van der Waals surface area contributed by atoms with Gasteiger partial charge >= 0.3 is 5.97 Å². The first-order valence-corrected chi connectivity index (χ1v) is 19.8. The van der Waals surface area contributed by atoms with E-state index in [2.05, 4.69) is 10.2 Å². The zero-order valence-electron chi connectivity index (χ0n) is 34.9. The molecule has 58 heavy (non-hydrogen) atoms. The molecular weight excluding hydrogens is 746 g/mol. The van der Waals surface area contributed by atoms with Crippen LogP contribution in [-0.4, -0.2) is 106 Å². The van der Waals surface area contributed by atoms with Crippen LogP contribution in [0.5, 0.6) is 17.2 Å². The van der Waals surface area contributed by atoms with Crippen molar-refractivity contribution in [2.75, 3.05) is 32.6 Å². The molecule has 6 N–H and O–H groups in total. The monoisotopic (exact) mass is 803 g/mol. The van der Waals surface area contributed by atoms with Crippen molar-refractivity contribution in [1.82, 2.24) is 4.90 Å². The molecule has 0 aliphatic carbocycles. The Labute approximate surface area is 338 Å². The van der Waals surface area contributed by atoms with Gasteiger partial charge in [0.05, 0.1) is 40.9 Å². The van der Waals surface area contributed by atoms with Crippen LogP contribution in [0.25, 0.3) is 10.8 Å². The number of anilines is 1. The summed E-state index contributed by atoms with van der Waals surface area (Å²) in [6.07, 6.45) is 5.33. The van der Waals surface area contributed by atoms with Gasteiger partial charge in [0.1, 0.15) is 34.4 Å². The number of likely N-dealkylation sites (tertiary alicyclic amines) is 1. The van der Waals surface area contributed by atoms with Crippen molar-refractivity contribution in [3.63, 3.8) is 0 Å². The van der Waals surface area contributed by atoms with Crippen LogP contribution >= 0.6 is 0 Å². The number of phenolic OH excluding ortho intramolecular Hbond substituents is 2. The molecule has 4 heterocycles. The van der Waals surface area contributed by atoms with Gasteiger partial charge < -0.3 is 49.6 Å². The summed E-state index contributed by atoms with van der Waals surface area (Å²) in [5.41, 5.74) is -0.284. The molecule has 0 radical (unpaired) electrons. The Morgan fingerprint density at radius 1 is 0.983 bits per heavy atom.